The van der Waals surface area contributed by atoms with Crippen molar-refractivity contribution < 1.29 is 65.6 Å². The third-order valence-corrected chi connectivity index (χ3v) is 22.9. The number of fused-ring (bicyclic) bond motifs is 2. The molecule has 4 aliphatic rings. The molecular weight excluding hydrogens is 1230 g/mol. The molecule has 1 amide bonds. The standard InChI is InChI=1S/C49H82N21O16P3/c1-33(2)64-21-34(84-38(24-64)70-32-56-42-45(70)58-47(52)59-46(42)72)27-82-89(77,62(7)8)67-23-36(86-40(26-67)69-31-55-41-43(51)53-30-54-44(41)69)29-83-88(76,61(5)6)66-22-35(85-39(25-66)68-10-9-37(50)57-48(68)73)28-81-87(75,60(3)4)65-13-11-63(12-14-65)49(74)80-20-19-79-18-17-78-16-15-71/h9-10,30-36,38-40,71H,11-29H2,1-8H3,(H2,50,57,73)(H2,51,53,54)(H3,52,58,59,72)/t34-,35-,36-,38+,39+,40+,87?,88?,89?/m0/s1. The third-order valence-electron chi connectivity index (χ3n) is 15.2. The Morgan fingerprint density at radius 2 is 1.17 bits per heavy atom. The molecule has 0 saturated carbocycles. The number of aromatic amines is 1. The Morgan fingerprint density at radius 1 is 0.652 bits per heavy atom. The smallest absolute Gasteiger partial charge is 0.409 e. The van der Waals surface area contributed by atoms with Crippen molar-refractivity contribution in [1.82, 2.24) is 86.4 Å². The average Bonchev–Trinajstić information content (AvgIpc) is 1.87. The zero-order valence-electron chi connectivity index (χ0n) is 51.1. The molecule has 5 aromatic heterocycles. The van der Waals surface area contributed by atoms with Gasteiger partial charge in [0.25, 0.3) is 5.56 Å². The predicted octanol–water partition coefficient (Wildman–Crippen LogP) is -0.192. The zero-order valence-corrected chi connectivity index (χ0v) is 53.8. The number of aliphatic hydroxyl groups is 1. The van der Waals surface area contributed by atoms with Crippen molar-refractivity contribution in [1.29, 1.82) is 0 Å². The number of hydrogen-bond acceptors (Lipinski definition) is 26. The van der Waals surface area contributed by atoms with Gasteiger partial charge in [0, 0.05) is 64.6 Å². The highest BCUT2D eigenvalue weighted by Gasteiger charge is 2.48. The minimum Gasteiger partial charge on any atom is -0.447 e. The summed E-state index contributed by atoms with van der Waals surface area (Å²) in [5.41, 5.74) is 17.8. The maximum absolute atomic E-state index is 15.9. The monoisotopic (exact) mass is 1310 g/mol. The van der Waals surface area contributed by atoms with E-state index < -0.39 is 77.3 Å². The van der Waals surface area contributed by atoms with E-state index in [4.69, 9.17) is 64.3 Å². The Morgan fingerprint density at radius 3 is 1.73 bits per heavy atom. The maximum Gasteiger partial charge on any atom is 0.409 e. The summed E-state index contributed by atoms with van der Waals surface area (Å²) in [6.45, 7) is 5.05. The van der Waals surface area contributed by atoms with E-state index in [1.165, 1.54) is 59.4 Å². The van der Waals surface area contributed by atoms with E-state index in [1.54, 1.807) is 60.8 Å². The molecule has 40 heteroatoms. The summed E-state index contributed by atoms with van der Waals surface area (Å²) in [7, 11) is -2.51. The Bertz CT molecular complexity index is 3480. The van der Waals surface area contributed by atoms with Gasteiger partial charge in [-0.3, -0.25) is 42.1 Å². The number of aromatic nitrogens is 10. The van der Waals surface area contributed by atoms with Crippen LogP contribution in [0.1, 0.15) is 32.5 Å². The lowest BCUT2D eigenvalue weighted by molar-refractivity contribution is -0.140. The van der Waals surface area contributed by atoms with Gasteiger partial charge in [-0.05, 0) is 62.2 Å². The number of ether oxygens (including phenoxy) is 6. The van der Waals surface area contributed by atoms with Gasteiger partial charge in [0.15, 0.2) is 28.9 Å². The normalized spacial score (nSPS) is 24.3. The molecular formula is C49H82N21O16P3. The molecule has 4 aliphatic heterocycles. The van der Waals surface area contributed by atoms with Crippen LogP contribution in [0, 0.1) is 0 Å². The molecule has 494 valence electrons. The zero-order chi connectivity index (χ0) is 64.0. The van der Waals surface area contributed by atoms with Crippen molar-refractivity contribution in [2.24, 2.45) is 0 Å². The van der Waals surface area contributed by atoms with Gasteiger partial charge in [-0.1, -0.05) is 0 Å². The van der Waals surface area contributed by atoms with Crippen LogP contribution >= 0.6 is 23.0 Å². The van der Waals surface area contributed by atoms with Crippen molar-refractivity contribution in [3.05, 3.63) is 52.1 Å². The topological polar surface area (TPSA) is 418 Å². The molecule has 89 heavy (non-hydrogen) atoms. The number of piperazine rings is 1. The summed E-state index contributed by atoms with van der Waals surface area (Å²) in [4.78, 5) is 70.9. The van der Waals surface area contributed by atoms with Crippen molar-refractivity contribution in [3.63, 3.8) is 0 Å². The minimum atomic E-state index is -4.21. The fourth-order valence-corrected chi connectivity index (χ4v) is 16.5. The van der Waals surface area contributed by atoms with E-state index in [9.17, 15) is 18.9 Å². The van der Waals surface area contributed by atoms with Crippen molar-refractivity contribution in [3.8, 4) is 0 Å². The Balaban J connectivity index is 0.928. The highest BCUT2D eigenvalue weighted by molar-refractivity contribution is 7.54. The van der Waals surface area contributed by atoms with Crippen LogP contribution in [-0.4, -0.2) is 289 Å². The molecule has 9 heterocycles. The van der Waals surface area contributed by atoms with Crippen molar-refractivity contribution >= 4 is 69.0 Å². The van der Waals surface area contributed by atoms with E-state index in [0.717, 1.165) is 0 Å². The number of carbonyl (C=O) groups excluding carboxylic acids is 1. The first-order chi connectivity index (χ1) is 42.4. The van der Waals surface area contributed by atoms with Crippen LogP contribution in [0.25, 0.3) is 22.3 Å². The number of carbonyl (C=O) groups is 1. The number of nitrogens with two attached hydrogens (primary N) is 3. The molecule has 4 fully saturated rings. The van der Waals surface area contributed by atoms with Crippen LogP contribution in [0.5, 0.6) is 0 Å². The number of hydrogen-bond donors (Lipinski definition) is 5. The second-order valence-electron chi connectivity index (χ2n) is 22.2. The molecule has 3 unspecified atom stereocenters. The number of nitrogen functional groups attached to an aromatic ring is 3. The number of nitrogens with zero attached hydrogens (tertiary/aromatic N) is 17. The second-order valence-corrected chi connectivity index (χ2v) is 30.0. The first-order valence-electron chi connectivity index (χ1n) is 28.8. The van der Waals surface area contributed by atoms with E-state index in [2.05, 4.69) is 39.8 Å². The number of anilines is 3. The van der Waals surface area contributed by atoms with Gasteiger partial charge in [0.05, 0.1) is 96.9 Å². The second kappa shape index (κ2) is 29.4. The van der Waals surface area contributed by atoms with Gasteiger partial charge in [0.1, 0.15) is 36.7 Å². The largest absolute Gasteiger partial charge is 0.447 e. The van der Waals surface area contributed by atoms with Crippen LogP contribution < -0.4 is 28.5 Å². The van der Waals surface area contributed by atoms with E-state index >= 15 is 9.13 Å². The molecule has 0 aromatic carbocycles. The van der Waals surface area contributed by atoms with Gasteiger partial charge < -0.3 is 69.2 Å². The SMILES string of the molecule is CC(C)N1C[C@@H](COP(=O)(N(C)C)N2C[C@@H](COP(=O)(N(C)C)N3C[C@@H](COP(=O)(N(C)C)N4CCN(C(=O)OCCOCCOCCO)CC4)O[C@@H](n4ccc(N)nc4=O)C3)O[C@@H](n3cnc4c(N)ncnc43)C2)O[C@@H](n2cnc3c(=O)[nH]c(N)nc32)C1. The number of aliphatic hydroxyl groups excluding tert-OH is 1. The molecule has 8 N–H and O–H groups in total. The first-order valence-corrected chi connectivity index (χ1v) is 33.4. The predicted molar refractivity (Wildman–Crippen MR) is 322 cm³/mol. The Kier molecular flexibility index (Phi) is 22.4. The van der Waals surface area contributed by atoms with E-state index in [-0.39, 0.29) is 147 Å². The summed E-state index contributed by atoms with van der Waals surface area (Å²) < 4.78 is 116. The molecule has 37 nitrogen and oxygen atoms in total. The number of rotatable bonds is 27. The van der Waals surface area contributed by atoms with Crippen LogP contribution in [0.4, 0.5) is 22.4 Å². The first kappa shape index (κ1) is 67.9. The molecule has 0 radical (unpaired) electrons. The van der Waals surface area contributed by atoms with Crippen LogP contribution in [-0.2, 0) is 55.7 Å². The fraction of sp³-hybridized carbons (Fsp3) is 0.694. The van der Waals surface area contributed by atoms with Crippen LogP contribution in [0.3, 0.4) is 0 Å². The lowest BCUT2D eigenvalue weighted by Gasteiger charge is -2.45. The molecule has 0 spiro atoms. The molecule has 0 aliphatic carbocycles. The molecule has 9 rings (SSSR count). The highest BCUT2D eigenvalue weighted by atomic mass is 31.2. The van der Waals surface area contributed by atoms with Crippen molar-refractivity contribution in [2.75, 3.05) is 184 Å². The van der Waals surface area contributed by atoms with Crippen LogP contribution in [0.2, 0.25) is 0 Å². The molecule has 0 bridgehead atoms. The van der Waals surface area contributed by atoms with E-state index in [1.807, 2.05) is 13.8 Å². The van der Waals surface area contributed by atoms with Gasteiger partial charge in [-0.25, -0.2) is 57.5 Å². The quantitative estimate of drug-likeness (QED) is 0.0336. The maximum atomic E-state index is 15.9. The van der Waals surface area contributed by atoms with E-state index in [0.29, 0.717) is 24.3 Å². The van der Waals surface area contributed by atoms with Gasteiger partial charge in [0.2, 0.25) is 5.95 Å². The summed E-state index contributed by atoms with van der Waals surface area (Å²) in [5, 5.41) is 8.85. The third kappa shape index (κ3) is 15.5. The molecule has 5 aromatic rings. The lowest BCUT2D eigenvalue weighted by Crippen LogP contribution is -2.51. The minimum absolute atomic E-state index is 0.00812. The van der Waals surface area contributed by atoms with Gasteiger partial charge >= 0.3 is 34.8 Å². The number of H-pyrrole nitrogens is 1. The number of nitrogens with one attached hydrogen (secondary N) is 1. The summed E-state index contributed by atoms with van der Waals surface area (Å²) in [5.74, 6) is 0.00202. The number of amides is 1. The lowest BCUT2D eigenvalue weighted by atomic mass is 10.2. The Hall–Kier alpha value is -5.50. The summed E-state index contributed by atoms with van der Waals surface area (Å²) >= 11 is 0. The van der Waals surface area contributed by atoms with Gasteiger partial charge in [-0.2, -0.15) is 9.97 Å². The summed E-state index contributed by atoms with van der Waals surface area (Å²) in [6, 6.07) is 1.46. The average molecular weight is 1310 g/mol. The fourth-order valence-electron chi connectivity index (χ4n) is 10.6. The highest BCUT2D eigenvalue weighted by Crippen LogP contribution is 2.58. The molecule has 4 saturated heterocycles. The Labute approximate surface area is 512 Å². The number of imidazole rings is 2. The molecule has 9 atom stereocenters. The number of morpholine rings is 3. The van der Waals surface area contributed by atoms with Gasteiger partial charge in [-0.15, -0.1) is 0 Å². The summed E-state index contributed by atoms with van der Waals surface area (Å²) in [6.07, 6.45) is -0.389. The van der Waals surface area contributed by atoms with Crippen LogP contribution in [0.15, 0.2) is 40.8 Å². The van der Waals surface area contributed by atoms with Crippen molar-refractivity contribution in [2.45, 2.75) is 56.9 Å².